The van der Waals surface area contributed by atoms with Gasteiger partial charge in [0.25, 0.3) is 0 Å². The Hall–Kier alpha value is -2.80. The van der Waals surface area contributed by atoms with Gasteiger partial charge in [0, 0.05) is 11.8 Å². The maximum absolute atomic E-state index is 6.16. The summed E-state index contributed by atoms with van der Waals surface area (Å²) < 4.78 is 6.16. The minimum Gasteiger partial charge on any atom is -0.461 e. The molecule has 5 aromatic rings. The van der Waals surface area contributed by atoms with Crippen LogP contribution in [0.25, 0.3) is 43.3 Å². The summed E-state index contributed by atoms with van der Waals surface area (Å²) in [6.07, 6.45) is 9.77. The van der Waals surface area contributed by atoms with Gasteiger partial charge in [-0.25, -0.2) is 0 Å². The van der Waals surface area contributed by atoms with Crippen LogP contribution in [0.2, 0.25) is 0 Å². The van der Waals surface area contributed by atoms with Crippen molar-refractivity contribution < 1.29 is 4.42 Å². The summed E-state index contributed by atoms with van der Waals surface area (Å²) in [6.45, 7) is 4.51. The minimum atomic E-state index is 1.01. The Bertz CT molecular complexity index is 1360. The van der Waals surface area contributed by atoms with Crippen LogP contribution in [-0.2, 0) is 12.8 Å². The van der Waals surface area contributed by atoms with E-state index in [-0.39, 0.29) is 0 Å². The van der Waals surface area contributed by atoms with Gasteiger partial charge in [0.1, 0.15) is 11.3 Å². The average Bonchev–Trinajstić information content (AvgIpc) is 3.21. The minimum absolute atomic E-state index is 1.01. The lowest BCUT2D eigenvalue weighted by molar-refractivity contribution is 0.531. The molecule has 1 aromatic heterocycles. The lowest BCUT2D eigenvalue weighted by atomic mass is 9.95. The maximum Gasteiger partial charge on any atom is 0.134 e. The Morgan fingerprint density at radius 1 is 0.548 bits per heavy atom. The molecule has 1 heteroatoms. The molecule has 4 aromatic carbocycles. The first-order valence-corrected chi connectivity index (χ1v) is 12.1. The van der Waals surface area contributed by atoms with E-state index >= 15 is 0 Å². The third kappa shape index (κ3) is 3.94. The van der Waals surface area contributed by atoms with Gasteiger partial charge in [-0.1, -0.05) is 75.9 Å². The monoisotopic (exact) mass is 408 g/mol. The second kappa shape index (κ2) is 8.75. The van der Waals surface area contributed by atoms with Crippen molar-refractivity contribution >= 4 is 43.3 Å². The first-order valence-electron chi connectivity index (χ1n) is 12.1. The van der Waals surface area contributed by atoms with Crippen molar-refractivity contribution in [2.45, 2.75) is 65.2 Å². The van der Waals surface area contributed by atoms with E-state index in [1.165, 1.54) is 88.2 Å². The van der Waals surface area contributed by atoms with E-state index in [0.29, 0.717) is 0 Å². The number of fused-ring (bicyclic) bond motifs is 6. The van der Waals surface area contributed by atoms with Crippen LogP contribution in [0.4, 0.5) is 0 Å². The van der Waals surface area contributed by atoms with Gasteiger partial charge in [0.15, 0.2) is 0 Å². The zero-order valence-corrected chi connectivity index (χ0v) is 18.8. The summed E-state index contributed by atoms with van der Waals surface area (Å²) in [5.74, 6) is 1.12. The quantitative estimate of drug-likeness (QED) is 0.142. The number of furan rings is 1. The summed E-state index contributed by atoms with van der Waals surface area (Å²) in [5, 5.41) is 9.19. The van der Waals surface area contributed by atoms with Crippen LogP contribution in [0.5, 0.6) is 0 Å². The first-order chi connectivity index (χ1) is 15.3. The van der Waals surface area contributed by atoms with Crippen LogP contribution in [-0.4, -0.2) is 0 Å². The molecule has 0 N–H and O–H groups in total. The van der Waals surface area contributed by atoms with Crippen molar-refractivity contribution in [3.8, 4) is 0 Å². The highest BCUT2D eigenvalue weighted by Gasteiger charge is 2.10. The highest BCUT2D eigenvalue weighted by molar-refractivity contribution is 6.18. The smallest absolute Gasteiger partial charge is 0.134 e. The van der Waals surface area contributed by atoms with E-state index in [0.717, 1.165) is 17.8 Å². The van der Waals surface area contributed by atoms with Crippen LogP contribution in [0, 0.1) is 0 Å². The standard InChI is InChI=1S/C30H32O/c1-3-5-7-9-21-11-12-22-19-28-23(18-24(22)17-21)13-14-27-26(28)15-16-30-29(27)20-25(31-30)10-8-6-4-2/h11-20H,3-10H2,1-2H3. The van der Waals surface area contributed by atoms with Crippen LogP contribution in [0.1, 0.15) is 63.7 Å². The molecule has 0 radical (unpaired) electrons. The summed E-state index contributed by atoms with van der Waals surface area (Å²) in [6, 6.07) is 23.0. The number of hydrogen-bond donors (Lipinski definition) is 0. The molecule has 31 heavy (non-hydrogen) atoms. The lowest BCUT2D eigenvalue weighted by Crippen LogP contribution is -1.86. The molecule has 1 nitrogen and oxygen atoms in total. The number of hydrogen-bond acceptors (Lipinski definition) is 1. The predicted octanol–water partition coefficient (Wildman–Crippen LogP) is 9.36. The van der Waals surface area contributed by atoms with Crippen LogP contribution in [0.15, 0.2) is 65.1 Å². The summed E-state index contributed by atoms with van der Waals surface area (Å²) in [5.41, 5.74) is 2.47. The number of benzene rings is 4. The van der Waals surface area contributed by atoms with E-state index in [1.807, 2.05) is 0 Å². The van der Waals surface area contributed by atoms with Crippen LogP contribution in [0.3, 0.4) is 0 Å². The fourth-order valence-electron chi connectivity index (χ4n) is 4.92. The third-order valence-electron chi connectivity index (χ3n) is 6.68. The van der Waals surface area contributed by atoms with Crippen molar-refractivity contribution in [1.82, 2.24) is 0 Å². The molecule has 0 atom stereocenters. The Balaban J connectivity index is 1.57. The number of unbranched alkanes of at least 4 members (excludes halogenated alkanes) is 4. The summed E-state index contributed by atoms with van der Waals surface area (Å²) in [7, 11) is 0. The van der Waals surface area contributed by atoms with E-state index in [9.17, 15) is 0 Å². The lowest BCUT2D eigenvalue weighted by Gasteiger charge is -2.09. The second-order valence-electron chi connectivity index (χ2n) is 9.02. The SMILES string of the molecule is CCCCCc1ccc2cc3c(ccc4c5cc(CCCCC)oc5ccc34)cc2c1. The van der Waals surface area contributed by atoms with Gasteiger partial charge in [-0.15, -0.1) is 0 Å². The summed E-state index contributed by atoms with van der Waals surface area (Å²) in [4.78, 5) is 0. The molecule has 0 unspecified atom stereocenters. The highest BCUT2D eigenvalue weighted by atomic mass is 16.3. The van der Waals surface area contributed by atoms with Gasteiger partial charge >= 0.3 is 0 Å². The fourth-order valence-corrected chi connectivity index (χ4v) is 4.92. The predicted molar refractivity (Wildman–Crippen MR) is 135 cm³/mol. The molecule has 0 aliphatic carbocycles. The summed E-state index contributed by atoms with van der Waals surface area (Å²) >= 11 is 0. The van der Waals surface area contributed by atoms with E-state index < -0.39 is 0 Å². The molecule has 158 valence electrons. The average molecular weight is 409 g/mol. The zero-order valence-electron chi connectivity index (χ0n) is 18.8. The Morgan fingerprint density at radius 3 is 2.13 bits per heavy atom. The molecule has 0 spiro atoms. The van der Waals surface area contributed by atoms with Crippen LogP contribution >= 0.6 is 0 Å². The Morgan fingerprint density at radius 2 is 1.29 bits per heavy atom. The van der Waals surface area contributed by atoms with E-state index in [2.05, 4.69) is 74.5 Å². The topological polar surface area (TPSA) is 13.1 Å². The van der Waals surface area contributed by atoms with Crippen molar-refractivity contribution in [2.75, 3.05) is 0 Å². The van der Waals surface area contributed by atoms with E-state index in [1.54, 1.807) is 0 Å². The fraction of sp³-hybridized carbons (Fsp3) is 0.333. The van der Waals surface area contributed by atoms with Gasteiger partial charge in [-0.3, -0.25) is 0 Å². The molecule has 1 heterocycles. The second-order valence-corrected chi connectivity index (χ2v) is 9.02. The van der Waals surface area contributed by atoms with Gasteiger partial charge in [-0.05, 0) is 81.4 Å². The molecule has 0 amide bonds. The molecule has 0 saturated heterocycles. The van der Waals surface area contributed by atoms with E-state index in [4.69, 9.17) is 4.42 Å². The first kappa shape index (κ1) is 20.1. The third-order valence-corrected chi connectivity index (χ3v) is 6.68. The molecule has 0 fully saturated rings. The van der Waals surface area contributed by atoms with Crippen molar-refractivity contribution in [3.63, 3.8) is 0 Å². The normalized spacial score (nSPS) is 11.9. The maximum atomic E-state index is 6.16. The molecule has 0 aliphatic rings. The molecule has 0 bridgehead atoms. The van der Waals surface area contributed by atoms with Gasteiger partial charge in [-0.2, -0.15) is 0 Å². The zero-order chi connectivity index (χ0) is 21.2. The Kier molecular flexibility index (Phi) is 5.68. The largest absolute Gasteiger partial charge is 0.461 e. The van der Waals surface area contributed by atoms with Crippen molar-refractivity contribution in [2.24, 2.45) is 0 Å². The van der Waals surface area contributed by atoms with Gasteiger partial charge < -0.3 is 4.42 Å². The van der Waals surface area contributed by atoms with Gasteiger partial charge in [0.2, 0.25) is 0 Å². The number of aryl methyl sites for hydroxylation is 2. The van der Waals surface area contributed by atoms with Gasteiger partial charge in [0.05, 0.1) is 0 Å². The van der Waals surface area contributed by atoms with Crippen molar-refractivity contribution in [3.05, 3.63) is 72.0 Å². The van der Waals surface area contributed by atoms with Crippen LogP contribution < -0.4 is 0 Å². The molecular formula is C30H32O. The van der Waals surface area contributed by atoms with Crippen molar-refractivity contribution in [1.29, 1.82) is 0 Å². The molecule has 0 aliphatic heterocycles. The molecule has 0 saturated carbocycles. The highest BCUT2D eigenvalue weighted by Crippen LogP contribution is 2.35. The molecule has 5 rings (SSSR count). The Labute approximate surface area is 185 Å². The molecular weight excluding hydrogens is 376 g/mol. The number of rotatable bonds is 8.